The molecule has 0 amide bonds. The second-order valence-corrected chi connectivity index (χ2v) is 15.1. The lowest BCUT2D eigenvalue weighted by Gasteiger charge is -2.25. The summed E-state index contributed by atoms with van der Waals surface area (Å²) < 4.78 is 4.73. The number of carboxylic acid groups (broad SMARTS) is 1. The van der Waals surface area contributed by atoms with Gasteiger partial charge in [-0.05, 0) is 19.3 Å². The Bertz CT molecular complexity index is 765. The molecule has 10 heteroatoms. The van der Waals surface area contributed by atoms with E-state index in [1.165, 1.54) is 135 Å². The molecular formula is C42H84O10. The number of carboxylic acids is 1. The van der Waals surface area contributed by atoms with Gasteiger partial charge >= 0.3 is 11.9 Å². The van der Waals surface area contributed by atoms with Gasteiger partial charge in [0.2, 0.25) is 0 Å². The number of esters is 1. The van der Waals surface area contributed by atoms with Crippen molar-refractivity contribution < 1.29 is 50.1 Å². The van der Waals surface area contributed by atoms with Crippen molar-refractivity contribution in [2.75, 3.05) is 19.8 Å². The Morgan fingerprint density at radius 2 is 0.846 bits per heavy atom. The first-order valence-corrected chi connectivity index (χ1v) is 21.5. The van der Waals surface area contributed by atoms with E-state index < -0.39 is 49.1 Å². The smallest absolute Gasteiger partial charge is 0.335 e. The highest BCUT2D eigenvalue weighted by Gasteiger charge is 2.37. The van der Waals surface area contributed by atoms with Crippen molar-refractivity contribution in [2.24, 2.45) is 0 Å². The summed E-state index contributed by atoms with van der Waals surface area (Å²) in [4.78, 5) is 22.7. The minimum Gasteiger partial charge on any atom is -0.479 e. The first kappa shape index (κ1) is 52.8. The molecule has 4 atom stereocenters. The van der Waals surface area contributed by atoms with Crippen LogP contribution in [0.1, 0.15) is 213 Å². The van der Waals surface area contributed by atoms with Crippen molar-refractivity contribution in [3.05, 3.63) is 0 Å². The van der Waals surface area contributed by atoms with Crippen LogP contribution < -0.4 is 0 Å². The van der Waals surface area contributed by atoms with Gasteiger partial charge in [-0.25, -0.2) is 9.59 Å². The molecule has 312 valence electrons. The fraction of sp³-hybridized carbons (Fsp3) is 0.952. The minimum absolute atomic E-state index is 0.122. The number of hydrogen-bond acceptors (Lipinski definition) is 9. The summed E-state index contributed by atoms with van der Waals surface area (Å²) in [7, 11) is 0. The van der Waals surface area contributed by atoms with Crippen LogP contribution >= 0.6 is 0 Å². The monoisotopic (exact) mass is 749 g/mol. The third-order valence-corrected chi connectivity index (χ3v) is 9.86. The van der Waals surface area contributed by atoms with Gasteiger partial charge in [0.15, 0.2) is 11.7 Å². The highest BCUT2D eigenvalue weighted by molar-refractivity contribution is 5.77. The predicted octanol–water partition coefficient (Wildman–Crippen LogP) is 8.53. The Morgan fingerprint density at radius 1 is 0.519 bits per heavy atom. The fourth-order valence-corrected chi connectivity index (χ4v) is 6.34. The number of rotatable bonds is 38. The fourth-order valence-electron chi connectivity index (χ4n) is 6.34. The summed E-state index contributed by atoms with van der Waals surface area (Å²) >= 11 is 0. The molecule has 0 fully saturated rings. The molecule has 0 saturated heterocycles. The van der Waals surface area contributed by atoms with Gasteiger partial charge in [0.1, 0.15) is 12.7 Å². The molecule has 0 spiro atoms. The number of carbonyl (C=O) groups is 2. The molecule has 52 heavy (non-hydrogen) atoms. The van der Waals surface area contributed by atoms with E-state index >= 15 is 0 Å². The van der Waals surface area contributed by atoms with Crippen LogP contribution in [0, 0.1) is 0 Å². The van der Waals surface area contributed by atoms with Gasteiger partial charge < -0.3 is 40.5 Å². The number of aliphatic hydroxyl groups is 6. The first-order valence-electron chi connectivity index (χ1n) is 21.5. The van der Waals surface area contributed by atoms with E-state index in [0.29, 0.717) is 12.8 Å². The van der Waals surface area contributed by atoms with Gasteiger partial charge in [-0.1, -0.05) is 187 Å². The molecule has 10 nitrogen and oxygen atoms in total. The highest BCUT2D eigenvalue weighted by atomic mass is 16.6. The highest BCUT2D eigenvalue weighted by Crippen LogP contribution is 2.23. The maximum atomic E-state index is 11.5. The van der Waals surface area contributed by atoms with Crippen LogP contribution in [0.25, 0.3) is 0 Å². The van der Waals surface area contributed by atoms with Crippen molar-refractivity contribution >= 4 is 11.9 Å². The van der Waals surface area contributed by atoms with E-state index in [-0.39, 0.29) is 19.4 Å². The second-order valence-electron chi connectivity index (χ2n) is 15.1. The number of unbranched alkanes of at least 4 members (excludes halogenated alkanes) is 26. The van der Waals surface area contributed by atoms with E-state index in [2.05, 4.69) is 13.8 Å². The number of hydrogen-bond donors (Lipinski definition) is 7. The van der Waals surface area contributed by atoms with Crippen LogP contribution in [0.15, 0.2) is 0 Å². The molecule has 0 aliphatic carbocycles. The second kappa shape index (κ2) is 39.4. The Morgan fingerprint density at radius 3 is 1.17 bits per heavy atom. The zero-order valence-corrected chi connectivity index (χ0v) is 33.6. The molecule has 0 rings (SSSR count). The molecule has 4 unspecified atom stereocenters. The summed E-state index contributed by atoms with van der Waals surface area (Å²) in [6.07, 6.45) is 31.6. The van der Waals surface area contributed by atoms with Crippen molar-refractivity contribution in [3.63, 3.8) is 0 Å². The first-order chi connectivity index (χ1) is 25.1. The van der Waals surface area contributed by atoms with E-state index in [1.54, 1.807) is 0 Å². The molecule has 0 aromatic carbocycles. The summed E-state index contributed by atoms with van der Waals surface area (Å²) in [6, 6.07) is 0. The maximum Gasteiger partial charge on any atom is 0.335 e. The van der Waals surface area contributed by atoms with E-state index in [9.17, 15) is 24.9 Å². The number of ether oxygens (including phenoxy) is 1. The Balaban J connectivity index is 0. The molecule has 0 saturated carbocycles. The third-order valence-electron chi connectivity index (χ3n) is 9.86. The number of aliphatic hydroxyl groups excluding tert-OH is 5. The van der Waals surface area contributed by atoms with Crippen LogP contribution in [0.3, 0.4) is 0 Å². The van der Waals surface area contributed by atoms with Gasteiger partial charge in [-0.3, -0.25) is 0 Å². The normalized spacial score (nSPS) is 14.2. The average molecular weight is 749 g/mol. The zero-order chi connectivity index (χ0) is 39.1. The largest absolute Gasteiger partial charge is 0.479 e. The van der Waals surface area contributed by atoms with Crippen LogP contribution in [0.4, 0.5) is 0 Å². The molecule has 0 bridgehead atoms. The molecule has 0 aromatic rings. The van der Waals surface area contributed by atoms with Crippen LogP contribution in [0.5, 0.6) is 0 Å². The summed E-state index contributed by atoms with van der Waals surface area (Å²) in [5.74, 6) is -2.04. The lowest BCUT2D eigenvalue weighted by molar-refractivity contribution is -0.163. The molecule has 7 N–H and O–H groups in total. The lowest BCUT2D eigenvalue weighted by atomic mass is 9.90. The van der Waals surface area contributed by atoms with Gasteiger partial charge in [0.05, 0.1) is 19.3 Å². The van der Waals surface area contributed by atoms with Gasteiger partial charge in [-0.2, -0.15) is 0 Å². The van der Waals surface area contributed by atoms with Crippen molar-refractivity contribution in [1.82, 2.24) is 0 Å². The predicted molar refractivity (Wildman–Crippen MR) is 210 cm³/mol. The molecule has 0 aliphatic heterocycles. The van der Waals surface area contributed by atoms with Crippen molar-refractivity contribution in [2.45, 2.75) is 237 Å². The van der Waals surface area contributed by atoms with E-state index in [1.807, 2.05) is 0 Å². The molecule has 0 radical (unpaired) electrons. The quantitative estimate of drug-likeness (QED) is 0.0238. The van der Waals surface area contributed by atoms with E-state index in [0.717, 1.165) is 38.5 Å². The molecule has 0 aromatic heterocycles. The zero-order valence-electron chi connectivity index (χ0n) is 33.6. The maximum absolute atomic E-state index is 11.5. The van der Waals surface area contributed by atoms with Gasteiger partial charge in [0, 0.05) is 6.42 Å². The summed E-state index contributed by atoms with van der Waals surface area (Å²) in [5, 5.41) is 64.8. The molecule has 0 heterocycles. The molecule has 0 aliphatic rings. The van der Waals surface area contributed by atoms with Crippen LogP contribution in [0.2, 0.25) is 0 Å². The third kappa shape index (κ3) is 35.7. The standard InChI is InChI=1S/2C21H42O5/c1-2-3-4-5-6-7-8-9-10-11-12-13-14-15-16-21(26,20(24)25)17-19(23)18-22;1-2-3-4-5-6-7-8-9-10-11-12-13-14-15-16-20(24)21(25)26-18-19(23)17-22/h19,22-23,26H,2-18H2,1H3,(H,24,25);19-20,22-24H,2-18H2,1H3. The average Bonchev–Trinajstić information content (AvgIpc) is 3.13. The Kier molecular flexibility index (Phi) is 40.0. The van der Waals surface area contributed by atoms with E-state index in [4.69, 9.17) is 25.2 Å². The van der Waals surface area contributed by atoms with Gasteiger partial charge in [0.25, 0.3) is 0 Å². The van der Waals surface area contributed by atoms with Crippen LogP contribution in [-0.4, -0.2) is 91.4 Å². The van der Waals surface area contributed by atoms with Gasteiger partial charge in [-0.15, -0.1) is 0 Å². The van der Waals surface area contributed by atoms with Crippen molar-refractivity contribution in [1.29, 1.82) is 0 Å². The summed E-state index contributed by atoms with van der Waals surface area (Å²) in [6.45, 7) is 3.24. The SMILES string of the molecule is CCCCCCCCCCCCCCCCC(O)(CC(O)CO)C(=O)O.CCCCCCCCCCCCCCCCC(O)C(=O)OCC(O)CO. The summed E-state index contributed by atoms with van der Waals surface area (Å²) in [5.41, 5.74) is -1.93. The minimum atomic E-state index is -1.93. The van der Waals surface area contributed by atoms with Crippen LogP contribution in [-0.2, 0) is 14.3 Å². The molecular weight excluding hydrogens is 664 g/mol. The Labute approximate surface area is 318 Å². The lowest BCUT2D eigenvalue weighted by Crippen LogP contribution is -2.42. The number of carbonyl (C=O) groups excluding carboxylic acids is 1. The topological polar surface area (TPSA) is 185 Å². The number of aliphatic carboxylic acids is 1. The Hall–Kier alpha value is -1.30. The van der Waals surface area contributed by atoms with Crippen molar-refractivity contribution in [3.8, 4) is 0 Å².